The van der Waals surface area contributed by atoms with Crippen LogP contribution >= 0.6 is 45.5 Å². The molecular weight excluding hydrogens is 393 g/mol. The number of aromatic nitrogens is 2. The Morgan fingerprint density at radius 2 is 2.05 bits per heavy atom. The van der Waals surface area contributed by atoms with Crippen LogP contribution in [0.1, 0.15) is 4.88 Å². The molecule has 6 heteroatoms. The second kappa shape index (κ2) is 5.22. The van der Waals surface area contributed by atoms with E-state index in [1.807, 2.05) is 24.3 Å². The molecule has 96 valence electrons. The number of hydrogen-bond donors (Lipinski definition) is 1. The Hall–Kier alpha value is -0.920. The van der Waals surface area contributed by atoms with E-state index in [0.717, 1.165) is 25.3 Å². The molecule has 0 aliphatic carbocycles. The Bertz CT molecular complexity index is 757. The normalized spacial score (nSPS) is 10.9. The largest absolute Gasteiger partial charge is 0.339 e. The number of rotatable bonds is 2. The molecular formula is C13H9ClIN3S. The quantitative estimate of drug-likeness (QED) is 0.485. The molecule has 0 fully saturated rings. The highest BCUT2D eigenvalue weighted by Crippen LogP contribution is 2.32. The second-order valence-corrected chi connectivity index (χ2v) is 6.76. The highest BCUT2D eigenvalue weighted by atomic mass is 127. The fourth-order valence-electron chi connectivity index (χ4n) is 1.80. The third kappa shape index (κ3) is 2.68. The molecule has 3 aromatic rings. The fraction of sp³-hybridized carbons (Fsp3) is 0.0769. The number of benzene rings is 1. The molecule has 0 unspecified atom stereocenters. The molecule has 0 bridgehead atoms. The van der Waals surface area contributed by atoms with Crippen LogP contribution in [-0.2, 0) is 0 Å². The van der Waals surface area contributed by atoms with Gasteiger partial charge in [-0.1, -0.05) is 12.1 Å². The minimum Gasteiger partial charge on any atom is -0.339 e. The molecule has 3 rings (SSSR count). The standard InChI is InChI=1S/C13H9ClIN3S/c1-7-6-8-11(17-13(14)18-12(8)19-7)16-10-5-3-2-4-9(10)15/h2-6H,1H3,(H,16,17,18). The van der Waals surface area contributed by atoms with Crippen molar-refractivity contribution in [2.45, 2.75) is 6.92 Å². The van der Waals surface area contributed by atoms with Crippen molar-refractivity contribution in [1.29, 1.82) is 0 Å². The average molecular weight is 402 g/mol. The zero-order valence-electron chi connectivity index (χ0n) is 9.95. The lowest BCUT2D eigenvalue weighted by Crippen LogP contribution is -1.97. The van der Waals surface area contributed by atoms with E-state index >= 15 is 0 Å². The van der Waals surface area contributed by atoms with Crippen LogP contribution in [0.5, 0.6) is 0 Å². The van der Waals surface area contributed by atoms with Crippen molar-refractivity contribution in [3.05, 3.63) is 44.1 Å². The number of fused-ring (bicyclic) bond motifs is 1. The molecule has 0 saturated carbocycles. The van der Waals surface area contributed by atoms with Crippen molar-refractivity contribution in [1.82, 2.24) is 9.97 Å². The first-order valence-electron chi connectivity index (χ1n) is 5.59. The van der Waals surface area contributed by atoms with Gasteiger partial charge in [0.2, 0.25) is 5.28 Å². The highest BCUT2D eigenvalue weighted by Gasteiger charge is 2.10. The average Bonchev–Trinajstić information content (AvgIpc) is 2.72. The molecule has 2 heterocycles. The highest BCUT2D eigenvalue weighted by molar-refractivity contribution is 14.1. The van der Waals surface area contributed by atoms with Gasteiger partial charge in [0.1, 0.15) is 10.6 Å². The number of nitrogens with zero attached hydrogens (tertiary/aromatic N) is 2. The summed E-state index contributed by atoms with van der Waals surface area (Å²) < 4.78 is 1.13. The lowest BCUT2D eigenvalue weighted by molar-refractivity contribution is 1.23. The van der Waals surface area contributed by atoms with Gasteiger partial charge in [0.25, 0.3) is 0 Å². The molecule has 0 spiro atoms. The summed E-state index contributed by atoms with van der Waals surface area (Å²) in [6.07, 6.45) is 0. The second-order valence-electron chi connectivity index (χ2n) is 4.02. The monoisotopic (exact) mass is 401 g/mol. The minimum absolute atomic E-state index is 0.266. The predicted molar refractivity (Wildman–Crippen MR) is 89.6 cm³/mol. The molecule has 3 nitrogen and oxygen atoms in total. The van der Waals surface area contributed by atoms with Gasteiger partial charge in [0, 0.05) is 8.45 Å². The van der Waals surface area contributed by atoms with Gasteiger partial charge in [0.05, 0.1) is 11.1 Å². The van der Waals surface area contributed by atoms with E-state index in [1.165, 1.54) is 4.88 Å². The Balaban J connectivity index is 2.12. The third-order valence-corrected chi connectivity index (χ3v) is 4.67. The van der Waals surface area contributed by atoms with Gasteiger partial charge >= 0.3 is 0 Å². The molecule has 0 radical (unpaired) electrons. The van der Waals surface area contributed by atoms with Crippen LogP contribution in [0.25, 0.3) is 10.2 Å². The van der Waals surface area contributed by atoms with E-state index in [9.17, 15) is 0 Å². The summed E-state index contributed by atoms with van der Waals surface area (Å²) in [6, 6.07) is 10.1. The van der Waals surface area contributed by atoms with Crippen LogP contribution in [0, 0.1) is 10.5 Å². The van der Waals surface area contributed by atoms with Crippen LogP contribution in [-0.4, -0.2) is 9.97 Å². The van der Waals surface area contributed by atoms with Crippen molar-refractivity contribution < 1.29 is 0 Å². The lowest BCUT2D eigenvalue weighted by atomic mass is 10.3. The van der Waals surface area contributed by atoms with E-state index in [1.54, 1.807) is 11.3 Å². The van der Waals surface area contributed by atoms with Crippen molar-refractivity contribution >= 4 is 67.3 Å². The molecule has 0 saturated heterocycles. The summed E-state index contributed by atoms with van der Waals surface area (Å²) >= 11 is 9.89. The van der Waals surface area contributed by atoms with Crippen molar-refractivity contribution in [3.63, 3.8) is 0 Å². The van der Waals surface area contributed by atoms with Gasteiger partial charge in [-0.25, -0.2) is 4.98 Å². The van der Waals surface area contributed by atoms with Gasteiger partial charge in [-0.05, 0) is 59.3 Å². The van der Waals surface area contributed by atoms with Gasteiger partial charge in [-0.3, -0.25) is 0 Å². The summed E-state index contributed by atoms with van der Waals surface area (Å²) in [5.41, 5.74) is 1.02. The number of aryl methyl sites for hydroxylation is 1. The molecule has 19 heavy (non-hydrogen) atoms. The predicted octanol–water partition coefficient (Wildman–Crippen LogP) is 5.00. The number of anilines is 2. The maximum Gasteiger partial charge on any atom is 0.225 e. The first-order chi connectivity index (χ1) is 9.13. The molecule has 2 aromatic heterocycles. The Kier molecular flexibility index (Phi) is 3.60. The summed E-state index contributed by atoms with van der Waals surface area (Å²) in [7, 11) is 0. The third-order valence-electron chi connectivity index (χ3n) is 2.62. The summed E-state index contributed by atoms with van der Waals surface area (Å²) in [5.74, 6) is 0.753. The SMILES string of the molecule is Cc1cc2c(Nc3ccccc3I)nc(Cl)nc2s1. The Morgan fingerprint density at radius 1 is 1.26 bits per heavy atom. The van der Waals surface area contributed by atoms with E-state index in [-0.39, 0.29) is 5.28 Å². The zero-order valence-corrected chi connectivity index (χ0v) is 13.7. The first kappa shape index (κ1) is 13.1. The van der Waals surface area contributed by atoms with Crippen molar-refractivity contribution in [2.75, 3.05) is 5.32 Å². The molecule has 0 aliphatic rings. The van der Waals surface area contributed by atoms with Crippen LogP contribution in [0.3, 0.4) is 0 Å². The van der Waals surface area contributed by atoms with Gasteiger partial charge in [0.15, 0.2) is 0 Å². The number of halogens is 2. The summed E-state index contributed by atoms with van der Waals surface area (Å²) in [4.78, 5) is 10.7. The molecule has 0 aliphatic heterocycles. The van der Waals surface area contributed by atoms with Crippen molar-refractivity contribution in [3.8, 4) is 0 Å². The van der Waals surface area contributed by atoms with E-state index < -0.39 is 0 Å². The molecule has 1 aromatic carbocycles. The summed E-state index contributed by atoms with van der Waals surface area (Å²) in [6.45, 7) is 2.05. The first-order valence-corrected chi connectivity index (χ1v) is 7.86. The van der Waals surface area contributed by atoms with E-state index in [2.05, 4.69) is 50.9 Å². The van der Waals surface area contributed by atoms with Gasteiger partial charge in [-0.2, -0.15) is 4.98 Å². The molecule has 1 N–H and O–H groups in total. The number of para-hydroxylation sites is 1. The molecule has 0 atom stereocenters. The Labute approximate surface area is 133 Å². The van der Waals surface area contributed by atoms with Crippen LogP contribution in [0.15, 0.2) is 30.3 Å². The van der Waals surface area contributed by atoms with Gasteiger partial charge < -0.3 is 5.32 Å². The maximum absolute atomic E-state index is 5.98. The lowest BCUT2D eigenvalue weighted by Gasteiger charge is -2.08. The van der Waals surface area contributed by atoms with E-state index in [0.29, 0.717) is 0 Å². The maximum atomic E-state index is 5.98. The van der Waals surface area contributed by atoms with Gasteiger partial charge in [-0.15, -0.1) is 11.3 Å². The number of hydrogen-bond acceptors (Lipinski definition) is 4. The van der Waals surface area contributed by atoms with Crippen molar-refractivity contribution in [2.24, 2.45) is 0 Å². The van der Waals surface area contributed by atoms with Crippen LogP contribution in [0.2, 0.25) is 5.28 Å². The van der Waals surface area contributed by atoms with E-state index in [4.69, 9.17) is 11.6 Å². The molecule has 0 amide bonds. The minimum atomic E-state index is 0.266. The smallest absolute Gasteiger partial charge is 0.225 e. The zero-order chi connectivity index (χ0) is 13.4. The topological polar surface area (TPSA) is 37.8 Å². The number of nitrogens with one attached hydrogen (secondary N) is 1. The number of thiophene rings is 1. The van der Waals surface area contributed by atoms with Crippen LogP contribution < -0.4 is 5.32 Å². The van der Waals surface area contributed by atoms with Crippen LogP contribution in [0.4, 0.5) is 11.5 Å². The fourth-order valence-corrected chi connectivity index (χ4v) is 3.42. The Morgan fingerprint density at radius 3 is 2.84 bits per heavy atom. The summed E-state index contributed by atoms with van der Waals surface area (Å²) in [5, 5.41) is 4.61.